The third kappa shape index (κ3) is 75.4. The van der Waals surface area contributed by atoms with Crippen LogP contribution in [0.3, 0.4) is 0 Å². The number of rotatable bonds is 2. The topological polar surface area (TPSA) is 37.3 Å². The van der Waals surface area contributed by atoms with Gasteiger partial charge in [0.25, 0.3) is 0 Å². The normalized spacial score (nSPS) is 22.6. The predicted octanol–water partition coefficient (Wildman–Crippen LogP) is 30.5. The molecule has 0 heterocycles. The summed E-state index contributed by atoms with van der Waals surface area (Å²) in [5.41, 5.74) is 0.269. The van der Waals surface area contributed by atoms with E-state index >= 15 is 0 Å². The zero-order chi connectivity index (χ0) is 59.8. The number of carboxylic acid groups (broad SMARTS) is 1. The molecule has 5 fully saturated rings. The molecule has 2 nitrogen and oxygen atoms in total. The Hall–Kier alpha value is -0.790. The summed E-state index contributed by atoms with van der Waals surface area (Å²) in [7, 11) is 0. The summed E-state index contributed by atoms with van der Waals surface area (Å²) in [6.07, 6.45) is 112. The van der Waals surface area contributed by atoms with Crippen LogP contribution in [-0.2, 0) is 4.79 Å². The van der Waals surface area contributed by atoms with E-state index < -0.39 is 5.97 Å². The second-order valence-corrected chi connectivity index (χ2v) is 28.5. The minimum absolute atomic E-state index is 0.0486. The van der Waals surface area contributed by atoms with Crippen molar-refractivity contribution < 1.29 is 9.90 Å². The largest absolute Gasteiger partial charge is 0.478 e. The third-order valence-electron chi connectivity index (χ3n) is 19.7. The Kier molecular flexibility index (Phi) is 74.7. The number of carboxylic acids is 1. The summed E-state index contributed by atoms with van der Waals surface area (Å²) in [5, 5.41) is 8.25. The van der Waals surface area contributed by atoms with Gasteiger partial charge in [0.2, 0.25) is 0 Å². The fraction of sp³-hybridized carbons (Fsp3) is 0.963. The Morgan fingerprint density at radius 1 is 0.181 bits per heavy atom. The molecule has 496 valence electrons. The lowest BCUT2D eigenvalue weighted by Crippen LogP contribution is -2.04. The molecule has 2 heteroatoms. The molecule has 0 unspecified atom stereocenters. The van der Waals surface area contributed by atoms with Crippen LogP contribution in [0.25, 0.3) is 0 Å². The SMILES string of the molecule is C1CCCCCCCCCCCCCC1.C1CCCCCCCCCCCCCC1.C1CCCCCCCCCCCCCC1.C1CCCCCCCCCCCCCC1.C1CCCCCCCCCCCCCC1.C=C(C(=O)O)C(C)C. The Balaban J connectivity index is 0.000000981. The molecule has 1 N–H and O–H groups in total. The first kappa shape index (κ1) is 82.2. The lowest BCUT2D eigenvalue weighted by molar-refractivity contribution is -0.133. The average Bonchev–Trinajstić information content (AvgIpc) is 3.54. The molecule has 83 heavy (non-hydrogen) atoms. The van der Waals surface area contributed by atoms with Crippen LogP contribution >= 0.6 is 0 Å². The second-order valence-electron chi connectivity index (χ2n) is 28.5. The Labute approximate surface area is 526 Å². The van der Waals surface area contributed by atoms with Gasteiger partial charge in [-0.15, -0.1) is 0 Å². The minimum atomic E-state index is -0.903. The number of hydrogen-bond donors (Lipinski definition) is 1. The van der Waals surface area contributed by atoms with Gasteiger partial charge >= 0.3 is 5.97 Å². The molecular weight excluding hydrogens is 1000 g/mol. The van der Waals surface area contributed by atoms with Crippen molar-refractivity contribution in [2.75, 3.05) is 0 Å². The van der Waals surface area contributed by atoms with Crippen molar-refractivity contribution in [1.29, 1.82) is 0 Å². The summed E-state index contributed by atoms with van der Waals surface area (Å²) in [6.45, 7) is 6.96. The second kappa shape index (κ2) is 75.5. The standard InChI is InChI=1S/5C15H30.C6H10O2/c5*1-2-4-6-8-10-12-14-15-13-11-9-7-5-3-1;1-4(2)5(3)6(7)8/h5*1-15H2;4H,3H2,1-2H3,(H,7,8). The van der Waals surface area contributed by atoms with E-state index in [1.54, 1.807) is 13.8 Å². The molecule has 5 aliphatic carbocycles. The van der Waals surface area contributed by atoms with Crippen LogP contribution < -0.4 is 0 Å². The fourth-order valence-electron chi connectivity index (χ4n) is 13.5. The van der Waals surface area contributed by atoms with Crippen molar-refractivity contribution in [2.24, 2.45) is 5.92 Å². The zero-order valence-corrected chi connectivity index (χ0v) is 58.2. The van der Waals surface area contributed by atoms with Crippen LogP contribution in [0.4, 0.5) is 0 Å². The van der Waals surface area contributed by atoms with E-state index in [1.165, 1.54) is 482 Å². The molecule has 0 atom stereocenters. The van der Waals surface area contributed by atoms with E-state index in [2.05, 4.69) is 6.58 Å². The smallest absolute Gasteiger partial charge is 0.331 e. The summed E-state index contributed by atoms with van der Waals surface area (Å²) < 4.78 is 0. The summed E-state index contributed by atoms with van der Waals surface area (Å²) in [4.78, 5) is 10.0. The molecule has 0 bridgehead atoms. The van der Waals surface area contributed by atoms with Gasteiger partial charge in [-0.2, -0.15) is 0 Å². The van der Waals surface area contributed by atoms with E-state index in [0.29, 0.717) is 0 Å². The molecular formula is C81H160O2. The highest BCUT2D eigenvalue weighted by atomic mass is 16.4. The van der Waals surface area contributed by atoms with E-state index in [1.807, 2.05) is 0 Å². The number of aliphatic carboxylic acids is 1. The molecule has 5 saturated carbocycles. The highest BCUT2D eigenvalue weighted by Gasteiger charge is 2.07. The number of carbonyl (C=O) groups is 1. The first-order chi connectivity index (χ1) is 41.1. The monoisotopic (exact) mass is 1170 g/mol. The van der Waals surface area contributed by atoms with Crippen molar-refractivity contribution in [3.63, 3.8) is 0 Å². The van der Waals surface area contributed by atoms with E-state index in [-0.39, 0.29) is 11.5 Å². The van der Waals surface area contributed by atoms with Gasteiger partial charge in [-0.05, 0) is 5.92 Å². The maximum Gasteiger partial charge on any atom is 0.331 e. The maximum atomic E-state index is 10.0. The van der Waals surface area contributed by atoms with Gasteiger partial charge in [-0.1, -0.05) is 502 Å². The van der Waals surface area contributed by atoms with Crippen LogP contribution in [0.1, 0.15) is 495 Å². The van der Waals surface area contributed by atoms with Gasteiger partial charge in [-0.25, -0.2) is 4.79 Å². The molecule has 0 amide bonds. The molecule has 0 aromatic heterocycles. The van der Waals surface area contributed by atoms with Crippen molar-refractivity contribution >= 4 is 5.97 Å². The zero-order valence-electron chi connectivity index (χ0n) is 58.2. The average molecular weight is 1170 g/mol. The summed E-state index contributed by atoms with van der Waals surface area (Å²) >= 11 is 0. The van der Waals surface area contributed by atoms with Crippen molar-refractivity contribution in [3.05, 3.63) is 12.2 Å². The van der Waals surface area contributed by atoms with Gasteiger partial charge in [0.1, 0.15) is 0 Å². The minimum Gasteiger partial charge on any atom is -0.478 e. The van der Waals surface area contributed by atoms with Gasteiger partial charge in [0, 0.05) is 5.57 Å². The predicted molar refractivity (Wildman–Crippen MR) is 378 cm³/mol. The Morgan fingerprint density at radius 2 is 0.229 bits per heavy atom. The maximum absolute atomic E-state index is 10.0. The van der Waals surface area contributed by atoms with Gasteiger partial charge < -0.3 is 5.11 Å². The van der Waals surface area contributed by atoms with E-state index in [9.17, 15) is 4.79 Å². The van der Waals surface area contributed by atoms with Crippen LogP contribution in [0.2, 0.25) is 0 Å². The van der Waals surface area contributed by atoms with Crippen molar-refractivity contribution in [3.8, 4) is 0 Å². The van der Waals surface area contributed by atoms with Crippen LogP contribution in [0, 0.1) is 5.92 Å². The molecule has 0 aromatic carbocycles. The van der Waals surface area contributed by atoms with Crippen molar-refractivity contribution in [2.45, 2.75) is 495 Å². The first-order valence-corrected chi connectivity index (χ1v) is 40.0. The van der Waals surface area contributed by atoms with Gasteiger partial charge in [0.15, 0.2) is 0 Å². The molecule has 0 aliphatic heterocycles. The van der Waals surface area contributed by atoms with E-state index in [4.69, 9.17) is 5.11 Å². The molecule has 5 aliphatic rings. The molecule has 5 rings (SSSR count). The summed E-state index contributed by atoms with van der Waals surface area (Å²) in [5.74, 6) is -0.854. The van der Waals surface area contributed by atoms with Gasteiger partial charge in [-0.3, -0.25) is 0 Å². The fourth-order valence-corrected chi connectivity index (χ4v) is 13.5. The van der Waals surface area contributed by atoms with Crippen LogP contribution in [0.15, 0.2) is 12.2 Å². The quantitative estimate of drug-likeness (QED) is 0.280. The third-order valence-corrected chi connectivity index (χ3v) is 19.7. The highest BCUT2D eigenvalue weighted by molar-refractivity contribution is 5.86. The number of hydrogen-bond acceptors (Lipinski definition) is 1. The molecule has 0 spiro atoms. The molecule has 0 saturated heterocycles. The van der Waals surface area contributed by atoms with Crippen LogP contribution in [0.5, 0.6) is 0 Å². The Morgan fingerprint density at radius 3 is 0.241 bits per heavy atom. The lowest BCUT2D eigenvalue weighted by atomic mass is 10.1. The van der Waals surface area contributed by atoms with Crippen LogP contribution in [-0.4, -0.2) is 11.1 Å². The van der Waals surface area contributed by atoms with Gasteiger partial charge in [0.05, 0.1) is 0 Å². The molecule has 0 aromatic rings. The summed E-state index contributed by atoms with van der Waals surface area (Å²) in [6, 6.07) is 0. The highest BCUT2D eigenvalue weighted by Crippen LogP contribution is 2.22. The lowest BCUT2D eigenvalue weighted by Gasteiger charge is -2.01. The Bertz CT molecular complexity index is 705. The van der Waals surface area contributed by atoms with E-state index in [0.717, 1.165) is 0 Å². The van der Waals surface area contributed by atoms with Crippen molar-refractivity contribution in [1.82, 2.24) is 0 Å². The molecule has 0 radical (unpaired) electrons. The first-order valence-electron chi connectivity index (χ1n) is 40.0.